The molecule has 0 spiro atoms. The second-order valence-electron chi connectivity index (χ2n) is 8.84. The number of carbonyl (C=O) groups is 1. The number of likely N-dealkylation sites (tertiary alicyclic amines) is 1. The molecule has 1 unspecified atom stereocenters. The normalized spacial score (nSPS) is 19.9. The maximum absolute atomic E-state index is 12.2. The predicted molar refractivity (Wildman–Crippen MR) is 130 cm³/mol. The van der Waals surface area contributed by atoms with Crippen LogP contribution in [0, 0.1) is 5.92 Å². The van der Waals surface area contributed by atoms with Crippen molar-refractivity contribution >= 4 is 22.0 Å². The van der Waals surface area contributed by atoms with Crippen molar-refractivity contribution in [3.63, 3.8) is 0 Å². The molecule has 2 fully saturated rings. The smallest absolute Gasteiger partial charge is 0.410 e. The third kappa shape index (κ3) is 6.26. The molecule has 5 nitrogen and oxygen atoms in total. The Hall–Kier alpha value is -2.05. The number of halogens is 1. The summed E-state index contributed by atoms with van der Waals surface area (Å²) in [5.41, 5.74) is 2.48. The van der Waals surface area contributed by atoms with E-state index in [2.05, 4.69) is 45.1 Å². The van der Waals surface area contributed by atoms with Gasteiger partial charge in [0.1, 0.15) is 11.9 Å². The molecule has 2 heterocycles. The van der Waals surface area contributed by atoms with Crippen LogP contribution in [-0.2, 0) is 17.7 Å². The molecule has 0 N–H and O–H groups in total. The first-order valence-electron chi connectivity index (χ1n) is 11.7. The minimum absolute atomic E-state index is 0.00111. The minimum atomic E-state index is -0.183. The third-order valence-corrected chi connectivity index (χ3v) is 7.25. The number of amides is 1. The van der Waals surface area contributed by atoms with Crippen LogP contribution in [0.1, 0.15) is 37.3 Å². The standard InChI is InChI=1S/C26H33BrN2O3/c1-2-31-23-8-9-25(27)22(17-23)16-20-10-13-28(14-11-20)15-12-24-19-29(26(30)32-24)18-21-6-4-3-5-7-21/h3-9,17,20,24H,2,10-16,18-19H2,1H3. The second-order valence-corrected chi connectivity index (χ2v) is 9.69. The summed E-state index contributed by atoms with van der Waals surface area (Å²) in [6.07, 6.45) is 4.22. The molecule has 0 aromatic heterocycles. The first-order valence-corrected chi connectivity index (χ1v) is 12.5. The molecule has 0 bridgehead atoms. The van der Waals surface area contributed by atoms with Crippen LogP contribution in [0.25, 0.3) is 0 Å². The SMILES string of the molecule is CCOc1ccc(Br)c(CC2CCN(CCC3CN(Cc4ccccc4)C(=O)O3)CC2)c1. The summed E-state index contributed by atoms with van der Waals surface area (Å²) in [4.78, 5) is 16.6. The topological polar surface area (TPSA) is 42.0 Å². The van der Waals surface area contributed by atoms with Crippen LogP contribution < -0.4 is 4.74 Å². The summed E-state index contributed by atoms with van der Waals surface area (Å²) >= 11 is 3.70. The van der Waals surface area contributed by atoms with Gasteiger partial charge in [-0.1, -0.05) is 46.3 Å². The van der Waals surface area contributed by atoms with Gasteiger partial charge in [0.15, 0.2) is 0 Å². The Morgan fingerprint density at radius 2 is 1.91 bits per heavy atom. The van der Waals surface area contributed by atoms with E-state index in [0.29, 0.717) is 25.6 Å². The summed E-state index contributed by atoms with van der Waals surface area (Å²) in [5.74, 6) is 1.65. The van der Waals surface area contributed by atoms with E-state index in [-0.39, 0.29) is 12.2 Å². The fraction of sp³-hybridized carbons (Fsp3) is 0.500. The van der Waals surface area contributed by atoms with E-state index in [0.717, 1.165) is 43.8 Å². The Labute approximate surface area is 199 Å². The van der Waals surface area contributed by atoms with Crippen LogP contribution in [-0.4, -0.2) is 54.8 Å². The fourth-order valence-electron chi connectivity index (χ4n) is 4.67. The Balaban J connectivity index is 1.19. The zero-order chi connectivity index (χ0) is 22.3. The maximum Gasteiger partial charge on any atom is 0.410 e. The van der Waals surface area contributed by atoms with Gasteiger partial charge in [-0.15, -0.1) is 0 Å². The average Bonchev–Trinajstić information content (AvgIpc) is 3.15. The van der Waals surface area contributed by atoms with E-state index in [4.69, 9.17) is 9.47 Å². The van der Waals surface area contributed by atoms with Crippen LogP contribution in [0.5, 0.6) is 5.75 Å². The minimum Gasteiger partial charge on any atom is -0.494 e. The van der Waals surface area contributed by atoms with Crippen molar-refractivity contribution in [2.45, 2.75) is 45.3 Å². The number of piperidine rings is 1. The van der Waals surface area contributed by atoms with E-state index < -0.39 is 0 Å². The Morgan fingerprint density at radius 1 is 1.12 bits per heavy atom. The first kappa shape index (κ1) is 23.1. The largest absolute Gasteiger partial charge is 0.494 e. The Morgan fingerprint density at radius 3 is 2.66 bits per heavy atom. The lowest BCUT2D eigenvalue weighted by atomic mass is 9.90. The van der Waals surface area contributed by atoms with Gasteiger partial charge in [-0.2, -0.15) is 0 Å². The number of benzene rings is 2. The quantitative estimate of drug-likeness (QED) is 0.454. The summed E-state index contributed by atoms with van der Waals surface area (Å²) in [5, 5.41) is 0. The molecule has 2 aliphatic heterocycles. The van der Waals surface area contributed by atoms with Crippen molar-refractivity contribution in [3.8, 4) is 5.75 Å². The number of carbonyl (C=O) groups excluding carboxylic acids is 1. The molecule has 172 valence electrons. The maximum atomic E-state index is 12.2. The third-order valence-electron chi connectivity index (χ3n) is 6.48. The summed E-state index contributed by atoms with van der Waals surface area (Å²) in [6.45, 7) is 7.25. The van der Waals surface area contributed by atoms with Crippen molar-refractivity contribution < 1.29 is 14.3 Å². The Bertz CT molecular complexity index is 884. The first-order chi connectivity index (χ1) is 15.6. The zero-order valence-corrected chi connectivity index (χ0v) is 20.4. The van der Waals surface area contributed by atoms with Crippen LogP contribution in [0.15, 0.2) is 53.0 Å². The van der Waals surface area contributed by atoms with E-state index in [1.165, 1.54) is 22.9 Å². The van der Waals surface area contributed by atoms with Gasteiger partial charge in [-0.3, -0.25) is 0 Å². The number of nitrogens with zero attached hydrogens (tertiary/aromatic N) is 2. The summed E-state index contributed by atoms with van der Waals surface area (Å²) in [7, 11) is 0. The predicted octanol–water partition coefficient (Wildman–Crippen LogP) is 5.51. The van der Waals surface area contributed by atoms with Gasteiger partial charge in [-0.25, -0.2) is 4.79 Å². The van der Waals surface area contributed by atoms with Crippen LogP contribution in [0.4, 0.5) is 4.79 Å². The van der Waals surface area contributed by atoms with Crippen LogP contribution in [0.3, 0.4) is 0 Å². The molecule has 2 aromatic rings. The summed E-state index contributed by atoms with van der Waals surface area (Å²) < 4.78 is 12.5. The molecule has 1 amide bonds. The molecular formula is C26H33BrN2O3. The van der Waals surface area contributed by atoms with E-state index in [1.54, 1.807) is 0 Å². The van der Waals surface area contributed by atoms with E-state index in [9.17, 15) is 4.79 Å². The summed E-state index contributed by atoms with van der Waals surface area (Å²) in [6, 6.07) is 16.4. The van der Waals surface area contributed by atoms with Crippen molar-refractivity contribution in [2.24, 2.45) is 5.92 Å². The van der Waals surface area contributed by atoms with Crippen LogP contribution in [0.2, 0.25) is 0 Å². The second kappa shape index (κ2) is 11.2. The number of hydrogen-bond donors (Lipinski definition) is 0. The number of ether oxygens (including phenoxy) is 2. The molecule has 0 radical (unpaired) electrons. The fourth-order valence-corrected chi connectivity index (χ4v) is 5.08. The highest BCUT2D eigenvalue weighted by Gasteiger charge is 2.31. The van der Waals surface area contributed by atoms with E-state index >= 15 is 0 Å². The lowest BCUT2D eigenvalue weighted by Gasteiger charge is -2.32. The highest BCUT2D eigenvalue weighted by Crippen LogP contribution is 2.29. The lowest BCUT2D eigenvalue weighted by molar-refractivity contribution is 0.113. The van der Waals surface area contributed by atoms with Crippen molar-refractivity contribution in [1.29, 1.82) is 0 Å². The highest BCUT2D eigenvalue weighted by molar-refractivity contribution is 9.10. The molecule has 6 heteroatoms. The Kier molecular flexibility index (Phi) is 8.09. The van der Waals surface area contributed by atoms with Crippen molar-refractivity contribution in [2.75, 3.05) is 32.8 Å². The van der Waals surface area contributed by atoms with Gasteiger partial charge in [-0.05, 0) is 80.9 Å². The molecule has 2 aromatic carbocycles. The molecule has 2 saturated heterocycles. The zero-order valence-electron chi connectivity index (χ0n) is 18.8. The molecule has 0 aliphatic carbocycles. The van der Waals surface area contributed by atoms with Crippen LogP contribution >= 0.6 is 15.9 Å². The van der Waals surface area contributed by atoms with Gasteiger partial charge < -0.3 is 19.3 Å². The van der Waals surface area contributed by atoms with Gasteiger partial charge >= 0.3 is 6.09 Å². The molecule has 32 heavy (non-hydrogen) atoms. The molecular weight excluding hydrogens is 468 g/mol. The molecule has 2 aliphatic rings. The molecule has 4 rings (SSSR count). The average molecular weight is 501 g/mol. The number of hydrogen-bond acceptors (Lipinski definition) is 4. The monoisotopic (exact) mass is 500 g/mol. The number of cyclic esters (lactones) is 1. The van der Waals surface area contributed by atoms with Gasteiger partial charge in [0, 0.05) is 17.6 Å². The number of rotatable bonds is 9. The van der Waals surface area contributed by atoms with Crippen molar-refractivity contribution in [3.05, 3.63) is 64.1 Å². The van der Waals surface area contributed by atoms with Gasteiger partial charge in [0.25, 0.3) is 0 Å². The molecule has 0 saturated carbocycles. The lowest BCUT2D eigenvalue weighted by Crippen LogP contribution is -2.36. The van der Waals surface area contributed by atoms with Crippen molar-refractivity contribution in [1.82, 2.24) is 9.80 Å². The van der Waals surface area contributed by atoms with E-state index in [1.807, 2.05) is 36.1 Å². The van der Waals surface area contributed by atoms with Gasteiger partial charge in [0.2, 0.25) is 0 Å². The highest BCUT2D eigenvalue weighted by atomic mass is 79.9. The molecule has 1 atom stereocenters. The van der Waals surface area contributed by atoms with Gasteiger partial charge in [0.05, 0.1) is 13.2 Å².